The van der Waals surface area contributed by atoms with E-state index in [1.165, 1.54) is 17.7 Å². The molecule has 0 amide bonds. The molecule has 0 atom stereocenters. The van der Waals surface area contributed by atoms with Gasteiger partial charge in [0.05, 0.1) is 5.56 Å². The van der Waals surface area contributed by atoms with Gasteiger partial charge in [-0.25, -0.2) is 26.3 Å². The van der Waals surface area contributed by atoms with Crippen molar-refractivity contribution in [2.24, 2.45) is 0 Å². The van der Waals surface area contributed by atoms with E-state index >= 15 is 0 Å². The van der Waals surface area contributed by atoms with Crippen molar-refractivity contribution in [3.05, 3.63) is 107 Å². The molecule has 0 saturated heterocycles. The van der Waals surface area contributed by atoms with E-state index in [4.69, 9.17) is 0 Å². The van der Waals surface area contributed by atoms with E-state index < -0.39 is 46.0 Å². The fourth-order valence-electron chi connectivity index (χ4n) is 3.88. The molecule has 174 valence electrons. The molecule has 34 heavy (non-hydrogen) atoms. The van der Waals surface area contributed by atoms with Crippen molar-refractivity contribution in [2.45, 2.75) is 26.2 Å². The maximum absolute atomic E-state index is 14.9. The van der Waals surface area contributed by atoms with E-state index in [1.54, 1.807) is 6.07 Å². The maximum Gasteiger partial charge on any atom is 0.194 e. The minimum atomic E-state index is -1.74. The Morgan fingerprint density at radius 3 is 1.62 bits per heavy atom. The summed E-state index contributed by atoms with van der Waals surface area (Å²) in [6.45, 7) is 2.12. The van der Waals surface area contributed by atoms with Crippen LogP contribution in [0.4, 0.5) is 26.3 Å². The van der Waals surface area contributed by atoms with Crippen molar-refractivity contribution < 1.29 is 26.3 Å². The minimum absolute atomic E-state index is 0.0378. The summed E-state index contributed by atoms with van der Waals surface area (Å²) in [7, 11) is 0. The van der Waals surface area contributed by atoms with Crippen LogP contribution in [0.1, 0.15) is 25.3 Å². The molecule has 0 aromatic heterocycles. The van der Waals surface area contributed by atoms with Crippen molar-refractivity contribution in [1.29, 1.82) is 0 Å². The molecular formula is C28H20F6. The van der Waals surface area contributed by atoms with Gasteiger partial charge < -0.3 is 0 Å². The molecule has 0 spiro atoms. The molecule has 0 fully saturated rings. The summed E-state index contributed by atoms with van der Waals surface area (Å²) in [5.74, 6) is -7.88. The molecule has 0 nitrogen and oxygen atoms in total. The molecule has 0 unspecified atom stereocenters. The van der Waals surface area contributed by atoms with Gasteiger partial charge in [0.2, 0.25) is 0 Å². The Labute approximate surface area is 193 Å². The lowest BCUT2D eigenvalue weighted by atomic mass is 9.96. The second kappa shape index (κ2) is 9.75. The SMILES string of the molecule is CCCCc1ccc(-c2ccc(-c3cc(F)c(-c4cc(F)c(F)c(F)c4)c(F)c3)c(F)c2)cc1. The molecule has 0 radical (unpaired) electrons. The van der Waals surface area contributed by atoms with Gasteiger partial charge >= 0.3 is 0 Å². The fourth-order valence-corrected chi connectivity index (χ4v) is 3.88. The Bertz CT molecular complexity index is 1300. The normalized spacial score (nSPS) is 11.1. The summed E-state index contributed by atoms with van der Waals surface area (Å²) in [5.41, 5.74) is 1.24. The monoisotopic (exact) mass is 470 g/mol. The van der Waals surface area contributed by atoms with Crippen LogP contribution in [0.5, 0.6) is 0 Å². The second-order valence-electron chi connectivity index (χ2n) is 8.06. The zero-order valence-corrected chi connectivity index (χ0v) is 18.2. The molecule has 0 aliphatic heterocycles. The standard InChI is InChI=1S/C28H20F6/c1-2-3-4-16-5-7-17(8-6-16)18-9-10-21(22(29)11-18)19-12-23(30)27(24(31)13-19)20-14-25(32)28(34)26(33)15-20/h5-15H,2-4H2,1H3. The van der Waals surface area contributed by atoms with E-state index in [9.17, 15) is 26.3 Å². The van der Waals surface area contributed by atoms with Crippen molar-refractivity contribution in [3.63, 3.8) is 0 Å². The van der Waals surface area contributed by atoms with Crippen molar-refractivity contribution in [1.82, 2.24) is 0 Å². The first kappa shape index (κ1) is 23.6. The zero-order valence-electron chi connectivity index (χ0n) is 18.2. The molecule has 0 aliphatic rings. The number of hydrogen-bond acceptors (Lipinski definition) is 0. The van der Waals surface area contributed by atoms with Gasteiger partial charge in [-0.15, -0.1) is 0 Å². The zero-order chi connectivity index (χ0) is 24.4. The van der Waals surface area contributed by atoms with Gasteiger partial charge in [-0.1, -0.05) is 49.7 Å². The predicted octanol–water partition coefficient (Wildman–Crippen LogP) is 8.86. The van der Waals surface area contributed by atoms with Gasteiger partial charge in [-0.2, -0.15) is 0 Å². The minimum Gasteiger partial charge on any atom is -0.206 e. The first-order valence-corrected chi connectivity index (χ1v) is 10.8. The summed E-state index contributed by atoms with van der Waals surface area (Å²) < 4.78 is 84.7. The number of unbranched alkanes of at least 4 members (excludes halogenated alkanes) is 1. The van der Waals surface area contributed by atoms with Crippen LogP contribution in [0.25, 0.3) is 33.4 Å². The summed E-state index contributed by atoms with van der Waals surface area (Å²) in [6, 6.07) is 14.9. The maximum atomic E-state index is 14.9. The number of rotatable bonds is 6. The van der Waals surface area contributed by atoms with Crippen molar-refractivity contribution >= 4 is 0 Å². The first-order chi connectivity index (χ1) is 16.3. The van der Waals surface area contributed by atoms with E-state index in [0.29, 0.717) is 17.7 Å². The summed E-state index contributed by atoms with van der Waals surface area (Å²) >= 11 is 0. The Hall–Kier alpha value is -3.54. The molecule has 0 aliphatic carbocycles. The largest absolute Gasteiger partial charge is 0.206 e. The smallest absolute Gasteiger partial charge is 0.194 e. The lowest BCUT2D eigenvalue weighted by Gasteiger charge is -2.11. The summed E-state index contributed by atoms with van der Waals surface area (Å²) in [4.78, 5) is 0. The van der Waals surface area contributed by atoms with Gasteiger partial charge in [0.15, 0.2) is 17.5 Å². The van der Waals surface area contributed by atoms with E-state index in [1.807, 2.05) is 24.3 Å². The third-order valence-electron chi connectivity index (χ3n) is 5.70. The Morgan fingerprint density at radius 2 is 1.06 bits per heavy atom. The summed E-state index contributed by atoms with van der Waals surface area (Å²) in [5, 5.41) is 0. The molecule has 0 heterocycles. The average Bonchev–Trinajstić information content (AvgIpc) is 2.81. The number of benzene rings is 4. The Kier molecular flexibility index (Phi) is 6.77. The van der Waals surface area contributed by atoms with Crippen LogP contribution in [0.3, 0.4) is 0 Å². The molecule has 6 heteroatoms. The van der Waals surface area contributed by atoms with Gasteiger partial charge in [-0.05, 0) is 71.0 Å². The highest BCUT2D eigenvalue weighted by atomic mass is 19.2. The first-order valence-electron chi connectivity index (χ1n) is 10.8. The third kappa shape index (κ3) is 4.72. The number of halogens is 6. The average molecular weight is 470 g/mol. The lowest BCUT2D eigenvalue weighted by Crippen LogP contribution is -1.97. The highest BCUT2D eigenvalue weighted by Crippen LogP contribution is 2.34. The van der Waals surface area contributed by atoms with Crippen LogP contribution < -0.4 is 0 Å². The van der Waals surface area contributed by atoms with Crippen molar-refractivity contribution in [3.8, 4) is 33.4 Å². The van der Waals surface area contributed by atoms with Crippen LogP contribution in [-0.4, -0.2) is 0 Å². The van der Waals surface area contributed by atoms with Crippen LogP contribution in [0.15, 0.2) is 66.7 Å². The molecule has 4 aromatic rings. The van der Waals surface area contributed by atoms with E-state index in [-0.39, 0.29) is 11.1 Å². The highest BCUT2D eigenvalue weighted by molar-refractivity contribution is 5.74. The Morgan fingerprint density at radius 1 is 0.529 bits per heavy atom. The topological polar surface area (TPSA) is 0 Å². The van der Waals surface area contributed by atoms with Crippen LogP contribution in [-0.2, 0) is 6.42 Å². The molecule has 0 saturated carbocycles. The van der Waals surface area contributed by atoms with Crippen LogP contribution >= 0.6 is 0 Å². The van der Waals surface area contributed by atoms with Crippen LogP contribution in [0, 0.1) is 34.9 Å². The highest BCUT2D eigenvalue weighted by Gasteiger charge is 2.19. The van der Waals surface area contributed by atoms with Crippen molar-refractivity contribution in [2.75, 3.05) is 0 Å². The Balaban J connectivity index is 1.66. The predicted molar refractivity (Wildman–Crippen MR) is 121 cm³/mol. The van der Waals surface area contributed by atoms with Gasteiger partial charge in [0, 0.05) is 5.56 Å². The lowest BCUT2D eigenvalue weighted by molar-refractivity contribution is 0.447. The van der Waals surface area contributed by atoms with Gasteiger partial charge in [0.25, 0.3) is 0 Å². The number of aryl methyl sites for hydroxylation is 1. The van der Waals surface area contributed by atoms with E-state index in [0.717, 1.165) is 37.0 Å². The van der Waals surface area contributed by atoms with E-state index in [2.05, 4.69) is 6.92 Å². The molecule has 4 rings (SSSR count). The summed E-state index contributed by atoms with van der Waals surface area (Å²) in [6.07, 6.45) is 3.14. The third-order valence-corrected chi connectivity index (χ3v) is 5.70. The molecule has 4 aromatic carbocycles. The van der Waals surface area contributed by atoms with Crippen LogP contribution in [0.2, 0.25) is 0 Å². The number of hydrogen-bond donors (Lipinski definition) is 0. The quantitative estimate of drug-likeness (QED) is 0.195. The molecule has 0 N–H and O–H groups in total. The molecule has 0 bridgehead atoms. The van der Waals surface area contributed by atoms with Gasteiger partial charge in [0.1, 0.15) is 17.5 Å². The molecular weight excluding hydrogens is 450 g/mol. The second-order valence-corrected chi connectivity index (χ2v) is 8.06. The van der Waals surface area contributed by atoms with Gasteiger partial charge in [-0.3, -0.25) is 0 Å². The fraction of sp³-hybridized carbons (Fsp3) is 0.143.